The van der Waals surface area contributed by atoms with Crippen LogP contribution in [-0.2, 0) is 6.42 Å². The van der Waals surface area contributed by atoms with E-state index in [9.17, 15) is 0 Å². The van der Waals surface area contributed by atoms with Crippen LogP contribution in [0.3, 0.4) is 0 Å². The van der Waals surface area contributed by atoms with Crippen LogP contribution in [0.1, 0.15) is 12.5 Å². The van der Waals surface area contributed by atoms with Crippen molar-refractivity contribution in [3.63, 3.8) is 0 Å². The van der Waals surface area contributed by atoms with Crippen molar-refractivity contribution in [2.75, 3.05) is 19.5 Å². The molecule has 1 N–H and O–H groups in total. The van der Waals surface area contributed by atoms with Crippen LogP contribution in [0.5, 0.6) is 5.75 Å². The van der Waals surface area contributed by atoms with Crippen LogP contribution in [-0.4, -0.2) is 24.4 Å². The van der Waals surface area contributed by atoms with E-state index in [0.717, 1.165) is 29.2 Å². The molecule has 0 amide bonds. The molecule has 18 heavy (non-hydrogen) atoms. The molecule has 0 saturated carbocycles. The van der Waals surface area contributed by atoms with Crippen molar-refractivity contribution in [1.82, 2.24) is 10.2 Å². The highest BCUT2D eigenvalue weighted by atomic mass is 16.5. The number of aromatic nitrogens is 2. The molecule has 0 radical (unpaired) electrons. The zero-order chi connectivity index (χ0) is 13.0. The average molecular weight is 243 g/mol. The quantitative estimate of drug-likeness (QED) is 0.897. The predicted octanol–water partition coefficient (Wildman–Crippen LogP) is 2.76. The highest BCUT2D eigenvalue weighted by Crippen LogP contribution is 2.25. The molecule has 1 aromatic heterocycles. The van der Waals surface area contributed by atoms with Gasteiger partial charge in [0.25, 0.3) is 0 Å². The maximum Gasteiger partial charge on any atom is 0.148 e. The number of anilines is 1. The van der Waals surface area contributed by atoms with E-state index in [1.807, 2.05) is 31.3 Å². The van der Waals surface area contributed by atoms with E-state index >= 15 is 0 Å². The molecule has 4 heteroatoms. The molecule has 0 bridgehead atoms. The molecule has 2 aromatic rings. The van der Waals surface area contributed by atoms with Crippen molar-refractivity contribution >= 4 is 5.82 Å². The molecule has 0 aliphatic carbocycles. The number of rotatable bonds is 4. The Hall–Kier alpha value is -2.10. The summed E-state index contributed by atoms with van der Waals surface area (Å²) in [5.74, 6) is 1.68. The van der Waals surface area contributed by atoms with E-state index in [-0.39, 0.29) is 0 Å². The minimum absolute atomic E-state index is 0.767. The zero-order valence-corrected chi connectivity index (χ0v) is 10.9. The van der Waals surface area contributed by atoms with Crippen molar-refractivity contribution in [3.8, 4) is 17.0 Å². The van der Waals surface area contributed by atoms with Gasteiger partial charge in [0.05, 0.1) is 12.8 Å². The third-order valence-electron chi connectivity index (χ3n) is 2.88. The molecule has 0 atom stereocenters. The Morgan fingerprint density at radius 3 is 2.56 bits per heavy atom. The fourth-order valence-electron chi connectivity index (χ4n) is 1.83. The van der Waals surface area contributed by atoms with Crippen molar-refractivity contribution in [3.05, 3.63) is 35.9 Å². The molecule has 0 unspecified atom stereocenters. The van der Waals surface area contributed by atoms with E-state index < -0.39 is 0 Å². The first-order valence-electron chi connectivity index (χ1n) is 5.97. The molecule has 4 nitrogen and oxygen atoms in total. The molecule has 0 aliphatic rings. The first-order chi connectivity index (χ1) is 8.78. The molecule has 0 spiro atoms. The van der Waals surface area contributed by atoms with E-state index in [1.54, 1.807) is 7.11 Å². The molecule has 2 rings (SSSR count). The number of hydrogen-bond donors (Lipinski definition) is 1. The number of aryl methyl sites for hydroxylation is 1. The van der Waals surface area contributed by atoms with Crippen LogP contribution in [0.4, 0.5) is 5.82 Å². The molecular formula is C14H17N3O. The lowest BCUT2D eigenvalue weighted by Crippen LogP contribution is -1.96. The van der Waals surface area contributed by atoms with Crippen LogP contribution in [0.2, 0.25) is 0 Å². The summed E-state index contributed by atoms with van der Waals surface area (Å²) in [5, 5.41) is 11.2. The van der Waals surface area contributed by atoms with Crippen molar-refractivity contribution in [2.24, 2.45) is 0 Å². The Morgan fingerprint density at radius 2 is 2.00 bits per heavy atom. The summed E-state index contributed by atoms with van der Waals surface area (Å²) in [5.41, 5.74) is 3.10. The lowest BCUT2D eigenvalue weighted by atomic mass is 10.1. The Balaban J connectivity index is 2.37. The third-order valence-corrected chi connectivity index (χ3v) is 2.88. The van der Waals surface area contributed by atoms with Gasteiger partial charge in [-0.05, 0) is 42.3 Å². The van der Waals surface area contributed by atoms with E-state index in [2.05, 4.69) is 28.5 Å². The second-order valence-corrected chi connectivity index (χ2v) is 3.93. The number of benzene rings is 1. The minimum atomic E-state index is 0.767. The van der Waals surface area contributed by atoms with Crippen LogP contribution < -0.4 is 10.1 Å². The highest BCUT2D eigenvalue weighted by Gasteiger charge is 2.05. The smallest absolute Gasteiger partial charge is 0.148 e. The lowest BCUT2D eigenvalue weighted by molar-refractivity contribution is 0.410. The van der Waals surface area contributed by atoms with Gasteiger partial charge in [-0.25, -0.2) is 0 Å². The monoisotopic (exact) mass is 243 g/mol. The number of ether oxygens (including phenoxy) is 1. The Labute approximate surface area is 107 Å². The highest BCUT2D eigenvalue weighted by molar-refractivity contribution is 5.62. The molecule has 0 aliphatic heterocycles. The minimum Gasteiger partial charge on any atom is -0.496 e. The zero-order valence-electron chi connectivity index (χ0n) is 10.9. The molecule has 0 fully saturated rings. The van der Waals surface area contributed by atoms with Crippen LogP contribution in [0, 0.1) is 0 Å². The normalized spacial score (nSPS) is 10.2. The summed E-state index contributed by atoms with van der Waals surface area (Å²) >= 11 is 0. The maximum atomic E-state index is 5.32. The number of hydrogen-bond acceptors (Lipinski definition) is 4. The SMILES string of the molecule is CCc1cc(-c2ccc(NC)nn2)ccc1OC. The largest absolute Gasteiger partial charge is 0.496 e. The first kappa shape index (κ1) is 12.4. The topological polar surface area (TPSA) is 47.0 Å². The Morgan fingerprint density at radius 1 is 1.17 bits per heavy atom. The van der Waals surface area contributed by atoms with Gasteiger partial charge in [-0.15, -0.1) is 10.2 Å². The third kappa shape index (κ3) is 2.42. The van der Waals surface area contributed by atoms with Gasteiger partial charge in [0.15, 0.2) is 0 Å². The maximum absolute atomic E-state index is 5.32. The summed E-state index contributed by atoms with van der Waals surface area (Å²) in [6.45, 7) is 2.11. The van der Waals surface area contributed by atoms with Crippen molar-refractivity contribution in [1.29, 1.82) is 0 Å². The van der Waals surface area contributed by atoms with Crippen LogP contribution >= 0.6 is 0 Å². The summed E-state index contributed by atoms with van der Waals surface area (Å²) in [4.78, 5) is 0. The van der Waals surface area contributed by atoms with Gasteiger partial charge in [-0.3, -0.25) is 0 Å². The Kier molecular flexibility index (Phi) is 3.77. The molecule has 1 heterocycles. The van der Waals surface area contributed by atoms with E-state index in [1.165, 1.54) is 5.56 Å². The number of nitrogens with one attached hydrogen (secondary N) is 1. The summed E-state index contributed by atoms with van der Waals surface area (Å²) in [6, 6.07) is 9.95. The molecular weight excluding hydrogens is 226 g/mol. The first-order valence-corrected chi connectivity index (χ1v) is 5.97. The molecule has 0 saturated heterocycles. The van der Waals surface area contributed by atoms with E-state index in [0.29, 0.717) is 0 Å². The standard InChI is InChI=1S/C14H17N3O/c1-4-10-9-11(5-7-13(10)18-3)12-6-8-14(15-2)17-16-12/h5-9H,4H2,1-3H3,(H,15,17). The van der Waals surface area contributed by atoms with Gasteiger partial charge in [0, 0.05) is 12.6 Å². The molecule has 1 aromatic carbocycles. The molecule has 94 valence electrons. The fraction of sp³-hybridized carbons (Fsp3) is 0.286. The second kappa shape index (κ2) is 5.49. The summed E-state index contributed by atoms with van der Waals surface area (Å²) in [7, 11) is 3.52. The van der Waals surface area contributed by atoms with Crippen molar-refractivity contribution in [2.45, 2.75) is 13.3 Å². The summed E-state index contributed by atoms with van der Waals surface area (Å²) in [6.07, 6.45) is 0.930. The van der Waals surface area contributed by atoms with Gasteiger partial charge in [-0.2, -0.15) is 0 Å². The van der Waals surface area contributed by atoms with Gasteiger partial charge in [0.1, 0.15) is 11.6 Å². The predicted molar refractivity (Wildman–Crippen MR) is 72.9 cm³/mol. The van der Waals surface area contributed by atoms with Gasteiger partial charge in [0.2, 0.25) is 0 Å². The van der Waals surface area contributed by atoms with Gasteiger partial charge in [-0.1, -0.05) is 6.92 Å². The van der Waals surface area contributed by atoms with Crippen molar-refractivity contribution < 1.29 is 4.74 Å². The fourth-order valence-corrected chi connectivity index (χ4v) is 1.83. The van der Waals surface area contributed by atoms with Crippen LogP contribution in [0.25, 0.3) is 11.3 Å². The van der Waals surface area contributed by atoms with Crippen LogP contribution in [0.15, 0.2) is 30.3 Å². The van der Waals surface area contributed by atoms with Gasteiger partial charge < -0.3 is 10.1 Å². The van der Waals surface area contributed by atoms with Gasteiger partial charge >= 0.3 is 0 Å². The lowest BCUT2D eigenvalue weighted by Gasteiger charge is -2.09. The summed E-state index contributed by atoms with van der Waals surface area (Å²) < 4.78 is 5.32. The average Bonchev–Trinajstić information content (AvgIpc) is 2.46. The van der Waals surface area contributed by atoms with E-state index in [4.69, 9.17) is 4.74 Å². The second-order valence-electron chi connectivity index (χ2n) is 3.93. The number of methoxy groups -OCH3 is 1. The number of nitrogens with zero attached hydrogens (tertiary/aromatic N) is 2. The Bertz CT molecular complexity index is 523.